The number of benzene rings is 3. The molecule has 0 unspecified atom stereocenters. The Balaban J connectivity index is 1.59. The number of hydrogen-bond acceptors (Lipinski definition) is 8. The average Bonchev–Trinajstić information content (AvgIpc) is 2.99. The molecule has 1 N–H and O–H groups in total. The van der Waals surface area contributed by atoms with Gasteiger partial charge in [-0.15, -0.1) is 0 Å². The first-order chi connectivity index (χ1) is 22.0. The van der Waals surface area contributed by atoms with E-state index >= 15 is 0 Å². The summed E-state index contributed by atoms with van der Waals surface area (Å²) in [6, 6.07) is 17.8. The van der Waals surface area contributed by atoms with Crippen molar-refractivity contribution >= 4 is 67.4 Å². The van der Waals surface area contributed by atoms with Crippen LogP contribution >= 0.6 is 23.2 Å². The number of anilines is 2. The van der Waals surface area contributed by atoms with Crippen LogP contribution in [0.15, 0.2) is 77.8 Å². The van der Waals surface area contributed by atoms with E-state index in [1.807, 2.05) is 33.3 Å². The number of likely N-dealkylation sites (N-methyl/N-ethyl adjacent to an activating group) is 2. The normalized spacial score (nSPS) is 11.9. The van der Waals surface area contributed by atoms with Crippen molar-refractivity contribution in [2.45, 2.75) is 37.8 Å². The Bertz CT molecular complexity index is 1840. The molecule has 0 radical (unpaired) electrons. The van der Waals surface area contributed by atoms with E-state index < -0.39 is 28.1 Å². The number of fused-ring (bicyclic) bond motifs is 1. The Morgan fingerprint density at radius 2 is 1.62 bits per heavy atom. The molecular weight excluding hydrogens is 661 g/mol. The number of amides is 1. The first-order valence-electron chi connectivity index (χ1n) is 14.9. The van der Waals surface area contributed by atoms with Gasteiger partial charge in [0.1, 0.15) is 18.0 Å². The third-order valence-electron chi connectivity index (χ3n) is 7.05. The molecule has 47 heavy (non-hydrogen) atoms. The molecule has 4 aromatic rings. The van der Waals surface area contributed by atoms with Gasteiger partial charge >= 0.3 is 5.97 Å². The van der Waals surface area contributed by atoms with E-state index in [0.717, 1.165) is 28.8 Å². The monoisotopic (exact) mass is 699 g/mol. The molecule has 0 bridgehead atoms. The van der Waals surface area contributed by atoms with Gasteiger partial charge < -0.3 is 19.9 Å². The first kappa shape index (κ1) is 35.9. The van der Waals surface area contributed by atoms with Crippen LogP contribution in [-0.4, -0.2) is 76.6 Å². The summed E-state index contributed by atoms with van der Waals surface area (Å²) in [5, 5.41) is 4.39. The molecule has 0 fully saturated rings. The van der Waals surface area contributed by atoms with Crippen molar-refractivity contribution in [1.82, 2.24) is 15.2 Å². The Hall–Kier alpha value is -3.90. The number of carbonyl (C=O) groups excluding carboxylic acids is 2. The highest BCUT2D eigenvalue weighted by molar-refractivity contribution is 7.92. The molecular formula is C34H39Cl2N5O5S. The number of aromatic nitrogens is 1. The van der Waals surface area contributed by atoms with Gasteiger partial charge in [-0.05, 0) is 93.7 Å². The molecule has 0 aliphatic carbocycles. The molecule has 0 atom stereocenters. The van der Waals surface area contributed by atoms with Crippen molar-refractivity contribution in [3.8, 4) is 0 Å². The van der Waals surface area contributed by atoms with Gasteiger partial charge in [-0.25, -0.2) is 13.4 Å². The van der Waals surface area contributed by atoms with Crippen LogP contribution in [0, 0.1) is 0 Å². The van der Waals surface area contributed by atoms with Crippen molar-refractivity contribution in [3.05, 3.63) is 94.1 Å². The lowest BCUT2D eigenvalue weighted by Gasteiger charge is -2.27. The maximum Gasteiger partial charge on any atom is 0.327 e. The number of esters is 1. The minimum Gasteiger partial charge on any atom is -0.459 e. The summed E-state index contributed by atoms with van der Waals surface area (Å²) in [5.41, 5.74) is 0.608. The van der Waals surface area contributed by atoms with E-state index in [1.54, 1.807) is 63.4 Å². The van der Waals surface area contributed by atoms with Crippen LogP contribution in [0.25, 0.3) is 10.8 Å². The van der Waals surface area contributed by atoms with Gasteiger partial charge in [-0.2, -0.15) is 0 Å². The largest absolute Gasteiger partial charge is 0.459 e. The first-order valence-corrected chi connectivity index (χ1v) is 17.1. The summed E-state index contributed by atoms with van der Waals surface area (Å²) in [6.45, 7) is 6.48. The van der Waals surface area contributed by atoms with Crippen molar-refractivity contribution in [2.24, 2.45) is 0 Å². The molecule has 3 aromatic carbocycles. The lowest BCUT2D eigenvalue weighted by Crippen LogP contribution is -2.39. The van der Waals surface area contributed by atoms with Crippen molar-refractivity contribution in [1.29, 1.82) is 0 Å². The number of rotatable bonds is 12. The zero-order chi connectivity index (χ0) is 34.5. The zero-order valence-corrected chi connectivity index (χ0v) is 29.6. The van der Waals surface area contributed by atoms with E-state index in [1.165, 1.54) is 18.2 Å². The molecule has 1 aromatic heterocycles. The molecule has 1 amide bonds. The van der Waals surface area contributed by atoms with Gasteiger partial charge in [-0.3, -0.25) is 13.9 Å². The summed E-state index contributed by atoms with van der Waals surface area (Å²) in [6.07, 6.45) is 1.74. The molecule has 0 aliphatic rings. The predicted octanol–water partition coefficient (Wildman–Crippen LogP) is 6.01. The summed E-state index contributed by atoms with van der Waals surface area (Å²) >= 11 is 12.3. The maximum absolute atomic E-state index is 13.9. The fourth-order valence-corrected chi connectivity index (χ4v) is 6.85. The number of carbonyl (C=O) groups is 2. The van der Waals surface area contributed by atoms with Gasteiger partial charge in [0.15, 0.2) is 0 Å². The molecule has 0 saturated carbocycles. The van der Waals surface area contributed by atoms with Crippen LogP contribution in [0.3, 0.4) is 0 Å². The predicted molar refractivity (Wildman–Crippen MR) is 188 cm³/mol. The molecule has 0 saturated heterocycles. The van der Waals surface area contributed by atoms with Crippen LogP contribution in [0.5, 0.6) is 0 Å². The molecule has 13 heteroatoms. The topological polar surface area (TPSA) is 112 Å². The van der Waals surface area contributed by atoms with Gasteiger partial charge in [0, 0.05) is 48.5 Å². The molecule has 4 rings (SSSR count). The van der Waals surface area contributed by atoms with Crippen LogP contribution < -0.4 is 14.5 Å². The molecule has 0 aliphatic heterocycles. The highest BCUT2D eigenvalue weighted by Gasteiger charge is 2.30. The maximum atomic E-state index is 13.9. The highest BCUT2D eigenvalue weighted by Crippen LogP contribution is 2.31. The third kappa shape index (κ3) is 9.57. The molecule has 0 spiro atoms. The highest BCUT2D eigenvalue weighted by atomic mass is 35.5. The van der Waals surface area contributed by atoms with Gasteiger partial charge in [0.25, 0.3) is 15.9 Å². The van der Waals surface area contributed by atoms with E-state index in [0.29, 0.717) is 16.3 Å². The van der Waals surface area contributed by atoms with E-state index in [-0.39, 0.29) is 33.1 Å². The second-order valence-corrected chi connectivity index (χ2v) is 15.1. The van der Waals surface area contributed by atoms with Crippen molar-refractivity contribution in [3.63, 3.8) is 0 Å². The summed E-state index contributed by atoms with van der Waals surface area (Å²) in [4.78, 5) is 34.8. The fraction of sp³-hybridized carbons (Fsp3) is 0.324. The summed E-state index contributed by atoms with van der Waals surface area (Å²) in [5.74, 6) is -0.208. The third-order valence-corrected chi connectivity index (χ3v) is 9.24. The average molecular weight is 701 g/mol. The van der Waals surface area contributed by atoms with Gasteiger partial charge in [0.2, 0.25) is 0 Å². The lowest BCUT2D eigenvalue weighted by molar-refractivity contribution is -0.152. The van der Waals surface area contributed by atoms with Crippen molar-refractivity contribution < 1.29 is 22.7 Å². The molecule has 1 heterocycles. The SMILES string of the molecule is CN(C)CCN(C)c1ccc(CNC(=O)c2cccc3cc(N(CC(=O)OC(C)(C)C)S(=O)(=O)c4cc(Cl)cc(Cl)c4)ccc23)cn1. The number of hydrogen-bond donors (Lipinski definition) is 1. The Morgan fingerprint density at radius 3 is 2.23 bits per heavy atom. The number of sulfonamides is 1. The lowest BCUT2D eigenvalue weighted by atomic mass is 10.0. The second kappa shape index (κ2) is 14.9. The van der Waals surface area contributed by atoms with E-state index in [2.05, 4.69) is 20.1 Å². The number of pyridine rings is 1. The van der Waals surface area contributed by atoms with Gasteiger partial charge in [0.05, 0.1) is 10.6 Å². The van der Waals surface area contributed by atoms with Crippen LogP contribution in [0.4, 0.5) is 11.5 Å². The Kier molecular flexibility index (Phi) is 11.4. The van der Waals surface area contributed by atoms with E-state index in [4.69, 9.17) is 27.9 Å². The summed E-state index contributed by atoms with van der Waals surface area (Å²) < 4.78 is 34.2. The number of ether oxygens (including phenoxy) is 1. The second-order valence-electron chi connectivity index (χ2n) is 12.3. The van der Waals surface area contributed by atoms with Crippen molar-refractivity contribution in [2.75, 3.05) is 50.0 Å². The number of halogens is 2. The number of nitrogens with zero attached hydrogens (tertiary/aromatic N) is 4. The standard InChI is InChI=1S/C34H39Cl2N5O5S/c1-34(2,3)46-32(42)22-41(47(44,45)28-18-25(35)17-26(36)19-28)27-11-12-29-24(16-27)8-7-9-30(29)33(43)38-21-23-10-13-31(37-20-23)40(6)15-14-39(4)5/h7-13,16-20H,14-15,21-22H2,1-6H3,(H,38,43). The molecule has 10 nitrogen and oxygen atoms in total. The fourth-order valence-electron chi connectivity index (χ4n) is 4.72. The Labute approximate surface area is 286 Å². The Morgan fingerprint density at radius 1 is 0.915 bits per heavy atom. The van der Waals surface area contributed by atoms with Crippen LogP contribution in [0.2, 0.25) is 10.0 Å². The zero-order valence-electron chi connectivity index (χ0n) is 27.3. The quantitative estimate of drug-likeness (QED) is 0.179. The van der Waals surface area contributed by atoms with E-state index in [9.17, 15) is 18.0 Å². The van der Waals surface area contributed by atoms with Crippen LogP contribution in [-0.2, 0) is 26.1 Å². The minimum absolute atomic E-state index is 0.126. The molecule has 250 valence electrons. The number of nitrogens with one attached hydrogen (secondary N) is 1. The smallest absolute Gasteiger partial charge is 0.327 e. The van der Waals surface area contributed by atoms with Crippen LogP contribution in [0.1, 0.15) is 36.7 Å². The minimum atomic E-state index is -4.33. The van der Waals surface area contributed by atoms with Gasteiger partial charge in [-0.1, -0.05) is 47.5 Å². The summed E-state index contributed by atoms with van der Waals surface area (Å²) in [7, 11) is 1.70.